The fraction of sp³-hybridized carbons (Fsp3) is 0.857. The van der Waals surface area contributed by atoms with Gasteiger partial charge in [-0.15, -0.1) is 12.4 Å². The van der Waals surface area contributed by atoms with Crippen LogP contribution in [0.1, 0.15) is 13.3 Å². The van der Waals surface area contributed by atoms with Crippen LogP contribution in [0.2, 0.25) is 0 Å². The second-order valence-corrected chi connectivity index (χ2v) is 2.50. The molecular formula is C7H13ClF3NO2. The number of alkyl halides is 3. The molecule has 0 saturated heterocycles. The number of halogens is 4. The average Bonchev–Trinajstić information content (AvgIpc) is 1.99. The number of nitrogens with two attached hydrogens (primary N) is 1. The van der Waals surface area contributed by atoms with E-state index >= 15 is 0 Å². The third-order valence-electron chi connectivity index (χ3n) is 1.38. The first kappa shape index (κ1) is 16.0. The summed E-state index contributed by atoms with van der Waals surface area (Å²) in [4.78, 5) is 10.8. The SMILES string of the molecule is CCOC(=O)C(CN)CC(F)(F)F.Cl. The maximum atomic E-state index is 11.8. The summed E-state index contributed by atoms with van der Waals surface area (Å²) < 4.78 is 39.9. The van der Waals surface area contributed by atoms with Gasteiger partial charge >= 0.3 is 12.1 Å². The first-order chi connectivity index (χ1) is 5.90. The van der Waals surface area contributed by atoms with Gasteiger partial charge in [-0.25, -0.2) is 0 Å². The summed E-state index contributed by atoms with van der Waals surface area (Å²) in [5.74, 6) is -2.16. The highest BCUT2D eigenvalue weighted by atomic mass is 35.5. The summed E-state index contributed by atoms with van der Waals surface area (Å²) in [6.45, 7) is 1.24. The molecule has 0 aromatic carbocycles. The second kappa shape index (κ2) is 6.89. The van der Waals surface area contributed by atoms with E-state index in [2.05, 4.69) is 4.74 Å². The molecule has 0 fully saturated rings. The van der Waals surface area contributed by atoms with Crippen LogP contribution in [0.25, 0.3) is 0 Å². The highest BCUT2D eigenvalue weighted by Gasteiger charge is 2.35. The minimum absolute atomic E-state index is 0. The molecular weight excluding hydrogens is 223 g/mol. The van der Waals surface area contributed by atoms with E-state index in [4.69, 9.17) is 5.73 Å². The molecule has 14 heavy (non-hydrogen) atoms. The molecule has 1 atom stereocenters. The summed E-state index contributed by atoms with van der Waals surface area (Å²) in [7, 11) is 0. The molecule has 0 aromatic heterocycles. The topological polar surface area (TPSA) is 52.3 Å². The van der Waals surface area contributed by atoms with Crippen molar-refractivity contribution in [3.05, 3.63) is 0 Å². The number of carbonyl (C=O) groups is 1. The van der Waals surface area contributed by atoms with Crippen molar-refractivity contribution in [1.29, 1.82) is 0 Å². The largest absolute Gasteiger partial charge is 0.466 e. The molecule has 0 aromatic rings. The van der Waals surface area contributed by atoms with Gasteiger partial charge in [0.15, 0.2) is 0 Å². The number of carbonyl (C=O) groups excluding carboxylic acids is 1. The average molecular weight is 236 g/mol. The van der Waals surface area contributed by atoms with Gasteiger partial charge in [0.2, 0.25) is 0 Å². The van der Waals surface area contributed by atoms with Gasteiger partial charge in [-0.1, -0.05) is 0 Å². The molecule has 86 valence electrons. The van der Waals surface area contributed by atoms with Gasteiger partial charge in [-0.3, -0.25) is 4.79 Å². The lowest BCUT2D eigenvalue weighted by Gasteiger charge is -2.14. The molecule has 0 aliphatic carbocycles. The molecule has 0 bridgehead atoms. The Balaban J connectivity index is 0. The van der Waals surface area contributed by atoms with Gasteiger partial charge < -0.3 is 10.5 Å². The smallest absolute Gasteiger partial charge is 0.390 e. The van der Waals surface area contributed by atoms with Gasteiger partial charge in [-0.2, -0.15) is 13.2 Å². The Kier molecular flexibility index (Phi) is 7.85. The van der Waals surface area contributed by atoms with Crippen LogP contribution >= 0.6 is 12.4 Å². The Morgan fingerprint density at radius 3 is 2.29 bits per heavy atom. The van der Waals surface area contributed by atoms with Crippen LogP contribution in [0.5, 0.6) is 0 Å². The number of ether oxygens (including phenoxy) is 1. The summed E-state index contributed by atoms with van der Waals surface area (Å²) in [6, 6.07) is 0. The number of esters is 1. The minimum Gasteiger partial charge on any atom is -0.466 e. The fourth-order valence-electron chi connectivity index (χ4n) is 0.802. The van der Waals surface area contributed by atoms with Crippen molar-refractivity contribution >= 4 is 18.4 Å². The lowest BCUT2D eigenvalue weighted by molar-refractivity contribution is -0.166. The lowest BCUT2D eigenvalue weighted by Crippen LogP contribution is -2.30. The van der Waals surface area contributed by atoms with Crippen LogP contribution in [-0.2, 0) is 9.53 Å². The normalized spacial score (nSPS) is 12.9. The molecule has 0 heterocycles. The molecule has 2 N–H and O–H groups in total. The van der Waals surface area contributed by atoms with Crippen LogP contribution in [-0.4, -0.2) is 25.3 Å². The number of hydrogen-bond donors (Lipinski definition) is 1. The zero-order chi connectivity index (χ0) is 10.5. The first-order valence-corrected chi connectivity index (χ1v) is 3.84. The van der Waals surface area contributed by atoms with E-state index in [-0.39, 0.29) is 25.6 Å². The van der Waals surface area contributed by atoms with Crippen molar-refractivity contribution < 1.29 is 22.7 Å². The van der Waals surface area contributed by atoms with Gasteiger partial charge in [0.25, 0.3) is 0 Å². The van der Waals surface area contributed by atoms with Crippen molar-refractivity contribution in [3.8, 4) is 0 Å². The molecule has 0 aliphatic heterocycles. The predicted octanol–water partition coefficient (Wildman–Crippen LogP) is 1.50. The minimum atomic E-state index is -4.38. The summed E-state index contributed by atoms with van der Waals surface area (Å²) in [6.07, 6.45) is -5.60. The highest BCUT2D eigenvalue weighted by molar-refractivity contribution is 5.85. The summed E-state index contributed by atoms with van der Waals surface area (Å²) in [5, 5.41) is 0. The molecule has 0 spiro atoms. The monoisotopic (exact) mass is 235 g/mol. The summed E-state index contributed by atoms with van der Waals surface area (Å²) >= 11 is 0. The van der Waals surface area contributed by atoms with E-state index in [1.54, 1.807) is 0 Å². The third kappa shape index (κ3) is 6.97. The molecule has 7 heteroatoms. The molecule has 0 amide bonds. The van der Waals surface area contributed by atoms with Crippen molar-refractivity contribution in [2.24, 2.45) is 11.7 Å². The zero-order valence-corrected chi connectivity index (χ0v) is 8.45. The van der Waals surface area contributed by atoms with Crippen LogP contribution in [0.4, 0.5) is 13.2 Å². The molecule has 0 saturated carbocycles. The standard InChI is InChI=1S/C7H12F3NO2.ClH/c1-2-13-6(12)5(4-11)3-7(8,9)10;/h5H,2-4,11H2,1H3;1H. The molecule has 3 nitrogen and oxygen atoms in total. The van der Waals surface area contributed by atoms with E-state index in [9.17, 15) is 18.0 Å². The third-order valence-corrected chi connectivity index (χ3v) is 1.38. The summed E-state index contributed by atoms with van der Waals surface area (Å²) in [5.41, 5.74) is 5.01. The van der Waals surface area contributed by atoms with Gasteiger partial charge in [0.1, 0.15) is 0 Å². The van der Waals surface area contributed by atoms with E-state index in [1.165, 1.54) is 6.92 Å². The van der Waals surface area contributed by atoms with Crippen LogP contribution in [0, 0.1) is 5.92 Å². The van der Waals surface area contributed by atoms with Crippen molar-refractivity contribution in [3.63, 3.8) is 0 Å². The number of rotatable bonds is 4. The Bertz CT molecular complexity index is 175. The number of hydrogen-bond acceptors (Lipinski definition) is 3. The van der Waals surface area contributed by atoms with Gasteiger partial charge in [-0.05, 0) is 6.92 Å². The van der Waals surface area contributed by atoms with Crippen LogP contribution < -0.4 is 5.73 Å². The Hall–Kier alpha value is -0.490. The molecule has 1 unspecified atom stereocenters. The molecule has 0 rings (SSSR count). The highest BCUT2D eigenvalue weighted by Crippen LogP contribution is 2.24. The molecule has 0 radical (unpaired) electrons. The van der Waals surface area contributed by atoms with E-state index in [0.717, 1.165) is 0 Å². The Labute approximate surface area is 86.2 Å². The Morgan fingerprint density at radius 1 is 1.50 bits per heavy atom. The Morgan fingerprint density at radius 2 is 2.00 bits per heavy atom. The molecule has 0 aliphatic rings. The van der Waals surface area contributed by atoms with E-state index < -0.39 is 24.5 Å². The zero-order valence-electron chi connectivity index (χ0n) is 7.63. The predicted molar refractivity (Wildman–Crippen MR) is 47.1 cm³/mol. The first-order valence-electron chi connectivity index (χ1n) is 3.84. The van der Waals surface area contributed by atoms with Gasteiger partial charge in [0.05, 0.1) is 18.9 Å². The fourth-order valence-corrected chi connectivity index (χ4v) is 0.802. The maximum absolute atomic E-state index is 11.8. The lowest BCUT2D eigenvalue weighted by atomic mass is 10.1. The maximum Gasteiger partial charge on any atom is 0.390 e. The van der Waals surface area contributed by atoms with Crippen molar-refractivity contribution in [2.75, 3.05) is 13.2 Å². The van der Waals surface area contributed by atoms with Crippen LogP contribution in [0.15, 0.2) is 0 Å². The van der Waals surface area contributed by atoms with Crippen molar-refractivity contribution in [2.45, 2.75) is 19.5 Å². The van der Waals surface area contributed by atoms with Crippen LogP contribution in [0.3, 0.4) is 0 Å². The second-order valence-electron chi connectivity index (χ2n) is 2.50. The van der Waals surface area contributed by atoms with E-state index in [1.807, 2.05) is 0 Å². The van der Waals surface area contributed by atoms with E-state index in [0.29, 0.717) is 0 Å². The quantitative estimate of drug-likeness (QED) is 0.752. The van der Waals surface area contributed by atoms with Gasteiger partial charge in [0, 0.05) is 6.54 Å². The van der Waals surface area contributed by atoms with Crippen molar-refractivity contribution in [1.82, 2.24) is 0 Å².